The Kier molecular flexibility index (Phi) is 5.52. The molecule has 20 heavy (non-hydrogen) atoms. The van der Waals surface area contributed by atoms with Crippen LogP contribution in [0.5, 0.6) is 0 Å². The predicted octanol–water partition coefficient (Wildman–Crippen LogP) is 3.93. The lowest BCUT2D eigenvalue weighted by molar-refractivity contribution is 0.00354. The summed E-state index contributed by atoms with van der Waals surface area (Å²) in [7, 11) is 0. The average Bonchev–Trinajstić information content (AvgIpc) is 2.41. The third-order valence-electron chi connectivity index (χ3n) is 3.32. The summed E-state index contributed by atoms with van der Waals surface area (Å²) >= 11 is 11.7. The van der Waals surface area contributed by atoms with Crippen LogP contribution in [-0.2, 0) is 4.74 Å². The summed E-state index contributed by atoms with van der Waals surface area (Å²) < 4.78 is 5.48. The smallest absolute Gasteiger partial charge is 0.319 e. The molecule has 1 saturated heterocycles. The number of rotatable bonds is 3. The highest BCUT2D eigenvalue weighted by atomic mass is 35.5. The fourth-order valence-electron chi connectivity index (χ4n) is 2.26. The maximum absolute atomic E-state index is 11.8. The third kappa shape index (κ3) is 4.54. The van der Waals surface area contributed by atoms with Gasteiger partial charge in [-0.05, 0) is 43.9 Å². The van der Waals surface area contributed by atoms with E-state index in [0.717, 1.165) is 19.4 Å². The second-order valence-corrected chi connectivity index (χ2v) is 5.85. The molecular formula is C14H18Cl2N2O2. The van der Waals surface area contributed by atoms with Crippen LogP contribution in [0.25, 0.3) is 0 Å². The van der Waals surface area contributed by atoms with Gasteiger partial charge in [0.1, 0.15) is 0 Å². The number of carbonyl (C=O) groups excluding carboxylic acids is 1. The van der Waals surface area contributed by atoms with Gasteiger partial charge in [0.15, 0.2) is 0 Å². The van der Waals surface area contributed by atoms with Crippen LogP contribution < -0.4 is 10.6 Å². The van der Waals surface area contributed by atoms with E-state index in [1.165, 1.54) is 0 Å². The SMILES string of the molecule is CC1CC(CNC(=O)Nc2ccc(Cl)c(Cl)c2)CCO1. The van der Waals surface area contributed by atoms with Gasteiger partial charge in [0.2, 0.25) is 0 Å². The standard InChI is InChI=1S/C14H18Cl2N2O2/c1-9-6-10(4-5-20-9)8-17-14(19)18-11-2-3-12(15)13(16)7-11/h2-3,7,9-10H,4-6,8H2,1H3,(H2,17,18,19). The number of benzene rings is 1. The number of ether oxygens (including phenoxy) is 1. The van der Waals surface area contributed by atoms with Crippen LogP contribution in [0, 0.1) is 5.92 Å². The second kappa shape index (κ2) is 7.16. The molecule has 2 amide bonds. The van der Waals surface area contributed by atoms with Gasteiger partial charge in [-0.2, -0.15) is 0 Å². The van der Waals surface area contributed by atoms with E-state index in [1.807, 2.05) is 0 Å². The lowest BCUT2D eigenvalue weighted by atomic mass is 9.96. The molecule has 1 aliphatic rings. The number of amides is 2. The topological polar surface area (TPSA) is 50.4 Å². The van der Waals surface area contributed by atoms with Crippen LogP contribution in [0.4, 0.5) is 10.5 Å². The lowest BCUT2D eigenvalue weighted by Gasteiger charge is -2.27. The highest BCUT2D eigenvalue weighted by Gasteiger charge is 2.19. The summed E-state index contributed by atoms with van der Waals surface area (Å²) in [6.45, 7) is 3.48. The normalized spacial score (nSPS) is 22.4. The highest BCUT2D eigenvalue weighted by Crippen LogP contribution is 2.25. The molecule has 0 radical (unpaired) electrons. The molecule has 0 spiro atoms. The maximum atomic E-state index is 11.8. The Morgan fingerprint density at radius 1 is 1.40 bits per heavy atom. The molecule has 0 aromatic heterocycles. The zero-order valence-corrected chi connectivity index (χ0v) is 12.8. The average molecular weight is 317 g/mol. The van der Waals surface area contributed by atoms with E-state index in [4.69, 9.17) is 27.9 Å². The molecular weight excluding hydrogens is 299 g/mol. The highest BCUT2D eigenvalue weighted by molar-refractivity contribution is 6.42. The lowest BCUT2D eigenvalue weighted by Crippen LogP contribution is -2.36. The fourth-order valence-corrected chi connectivity index (χ4v) is 2.56. The van der Waals surface area contributed by atoms with E-state index in [-0.39, 0.29) is 12.1 Å². The Bertz CT molecular complexity index is 482. The van der Waals surface area contributed by atoms with Crippen molar-refractivity contribution in [2.24, 2.45) is 5.92 Å². The minimum Gasteiger partial charge on any atom is -0.378 e. The molecule has 4 nitrogen and oxygen atoms in total. The minimum atomic E-state index is -0.234. The molecule has 2 N–H and O–H groups in total. The first kappa shape index (κ1) is 15.4. The Hall–Kier alpha value is -0.970. The number of hydrogen-bond acceptors (Lipinski definition) is 2. The van der Waals surface area contributed by atoms with Crippen molar-refractivity contribution in [2.75, 3.05) is 18.5 Å². The number of urea groups is 1. The van der Waals surface area contributed by atoms with Crippen molar-refractivity contribution in [1.82, 2.24) is 5.32 Å². The van der Waals surface area contributed by atoms with E-state index in [1.54, 1.807) is 18.2 Å². The number of hydrogen-bond donors (Lipinski definition) is 2. The largest absolute Gasteiger partial charge is 0.378 e. The zero-order chi connectivity index (χ0) is 14.5. The van der Waals surface area contributed by atoms with Gasteiger partial charge in [-0.15, -0.1) is 0 Å². The minimum absolute atomic E-state index is 0.234. The van der Waals surface area contributed by atoms with Crippen molar-refractivity contribution in [3.05, 3.63) is 28.2 Å². The van der Waals surface area contributed by atoms with Crippen molar-refractivity contribution in [3.8, 4) is 0 Å². The van der Waals surface area contributed by atoms with E-state index < -0.39 is 0 Å². The fraction of sp³-hybridized carbons (Fsp3) is 0.500. The number of nitrogens with one attached hydrogen (secondary N) is 2. The molecule has 1 fully saturated rings. The number of anilines is 1. The van der Waals surface area contributed by atoms with Crippen molar-refractivity contribution in [2.45, 2.75) is 25.9 Å². The Morgan fingerprint density at radius 3 is 2.90 bits per heavy atom. The Labute approximate surface area is 128 Å². The van der Waals surface area contributed by atoms with Crippen LogP contribution in [-0.4, -0.2) is 25.3 Å². The molecule has 6 heteroatoms. The molecule has 2 unspecified atom stereocenters. The van der Waals surface area contributed by atoms with E-state index in [9.17, 15) is 4.79 Å². The molecule has 110 valence electrons. The van der Waals surface area contributed by atoms with Gasteiger partial charge >= 0.3 is 6.03 Å². The van der Waals surface area contributed by atoms with Crippen molar-refractivity contribution >= 4 is 34.9 Å². The maximum Gasteiger partial charge on any atom is 0.319 e. The van der Waals surface area contributed by atoms with Crippen LogP contribution in [0.2, 0.25) is 10.0 Å². The van der Waals surface area contributed by atoms with Crippen LogP contribution >= 0.6 is 23.2 Å². The van der Waals surface area contributed by atoms with Gasteiger partial charge < -0.3 is 15.4 Å². The van der Waals surface area contributed by atoms with Gasteiger partial charge in [-0.25, -0.2) is 4.79 Å². The first-order chi connectivity index (χ1) is 9.54. The van der Waals surface area contributed by atoms with Gasteiger partial charge in [-0.3, -0.25) is 0 Å². The number of carbonyl (C=O) groups is 1. The summed E-state index contributed by atoms with van der Waals surface area (Å²) in [6.07, 6.45) is 2.23. The molecule has 0 aliphatic carbocycles. The summed E-state index contributed by atoms with van der Waals surface area (Å²) in [5, 5.41) is 6.50. The molecule has 0 bridgehead atoms. The van der Waals surface area contributed by atoms with Gasteiger partial charge in [-0.1, -0.05) is 23.2 Å². The van der Waals surface area contributed by atoms with Crippen molar-refractivity contribution < 1.29 is 9.53 Å². The summed E-state index contributed by atoms with van der Waals surface area (Å²) in [5.74, 6) is 0.471. The first-order valence-electron chi connectivity index (χ1n) is 6.66. The quantitative estimate of drug-likeness (QED) is 0.887. The monoisotopic (exact) mass is 316 g/mol. The van der Waals surface area contributed by atoms with Crippen LogP contribution in [0.15, 0.2) is 18.2 Å². The molecule has 1 aromatic carbocycles. The zero-order valence-electron chi connectivity index (χ0n) is 11.3. The Balaban J connectivity index is 1.78. The van der Waals surface area contributed by atoms with Gasteiger partial charge in [0.25, 0.3) is 0 Å². The predicted molar refractivity (Wildman–Crippen MR) is 81.6 cm³/mol. The van der Waals surface area contributed by atoms with Gasteiger partial charge in [0.05, 0.1) is 16.1 Å². The van der Waals surface area contributed by atoms with Crippen LogP contribution in [0.1, 0.15) is 19.8 Å². The number of halogens is 2. The summed E-state index contributed by atoms with van der Waals surface area (Å²) in [4.78, 5) is 11.8. The third-order valence-corrected chi connectivity index (χ3v) is 4.06. The van der Waals surface area contributed by atoms with Crippen LogP contribution in [0.3, 0.4) is 0 Å². The molecule has 2 rings (SSSR count). The molecule has 1 aliphatic heterocycles. The Morgan fingerprint density at radius 2 is 2.20 bits per heavy atom. The molecule has 1 aromatic rings. The van der Waals surface area contributed by atoms with E-state index in [2.05, 4.69) is 17.6 Å². The molecule has 1 heterocycles. The second-order valence-electron chi connectivity index (χ2n) is 5.04. The van der Waals surface area contributed by atoms with Crippen molar-refractivity contribution in [3.63, 3.8) is 0 Å². The molecule has 0 saturated carbocycles. The van der Waals surface area contributed by atoms with Crippen molar-refractivity contribution in [1.29, 1.82) is 0 Å². The van der Waals surface area contributed by atoms with E-state index >= 15 is 0 Å². The van der Waals surface area contributed by atoms with E-state index in [0.29, 0.717) is 28.2 Å². The molecule has 2 atom stereocenters. The van der Waals surface area contributed by atoms with Gasteiger partial charge in [0, 0.05) is 18.8 Å². The first-order valence-corrected chi connectivity index (χ1v) is 7.41. The summed E-state index contributed by atoms with van der Waals surface area (Å²) in [5.41, 5.74) is 0.622. The summed E-state index contributed by atoms with van der Waals surface area (Å²) in [6, 6.07) is 4.76.